The highest BCUT2D eigenvalue weighted by molar-refractivity contribution is 5.93. The van der Waals surface area contributed by atoms with E-state index in [2.05, 4.69) is 129 Å². The summed E-state index contributed by atoms with van der Waals surface area (Å²) in [5.74, 6) is 1.78. The van der Waals surface area contributed by atoms with Gasteiger partial charge in [-0.2, -0.15) is 0 Å². The van der Waals surface area contributed by atoms with Crippen LogP contribution in [0.3, 0.4) is 0 Å². The third kappa shape index (κ3) is 7.91. The van der Waals surface area contributed by atoms with Gasteiger partial charge in [0.05, 0.1) is 22.8 Å². The summed E-state index contributed by atoms with van der Waals surface area (Å²) >= 11 is 0. The topological polar surface area (TPSA) is 82.3 Å². The Balaban J connectivity index is 1.04. The van der Waals surface area contributed by atoms with E-state index in [9.17, 15) is 0 Å². The van der Waals surface area contributed by atoms with Gasteiger partial charge in [0.1, 0.15) is 24.7 Å². The number of H-pyrrole nitrogens is 2. The zero-order valence-electron chi connectivity index (χ0n) is 30.9. The Morgan fingerprint density at radius 1 is 0.481 bits per heavy atom. The number of aromatic amines is 2. The fourth-order valence-corrected chi connectivity index (χ4v) is 8.07. The second kappa shape index (κ2) is 15.9. The Labute approximate surface area is 317 Å². The van der Waals surface area contributed by atoms with Crippen molar-refractivity contribution in [1.82, 2.24) is 29.7 Å². The van der Waals surface area contributed by atoms with Crippen LogP contribution in [0.1, 0.15) is 61.3 Å². The molecule has 2 aromatic carbocycles. The van der Waals surface area contributed by atoms with Gasteiger partial charge in [0.2, 0.25) is 0 Å². The lowest BCUT2D eigenvalue weighted by atomic mass is 10.0. The van der Waals surface area contributed by atoms with E-state index in [1.54, 1.807) is 0 Å². The molecule has 0 aliphatic carbocycles. The Hall–Kier alpha value is -5.44. The molecule has 274 valence electrons. The molecule has 7 heterocycles. The van der Waals surface area contributed by atoms with Gasteiger partial charge in [-0.25, -0.2) is 9.97 Å². The maximum atomic E-state index is 6.17. The lowest BCUT2D eigenvalue weighted by molar-refractivity contribution is 0.183. The first-order chi connectivity index (χ1) is 26.7. The summed E-state index contributed by atoms with van der Waals surface area (Å²) in [7, 11) is 0. The average Bonchev–Trinajstić information content (AvgIpc) is 4.05. The number of rotatable bonds is 10. The quantitative estimate of drug-likeness (QED) is 0.147. The highest BCUT2D eigenvalue weighted by atomic mass is 16.5. The molecule has 5 aromatic rings. The van der Waals surface area contributed by atoms with Crippen LogP contribution in [-0.2, 0) is 0 Å². The van der Waals surface area contributed by atoms with E-state index in [0.717, 1.165) is 91.7 Å². The number of aromatic nitrogens is 4. The molecule has 0 saturated carbocycles. The minimum absolute atomic E-state index is 0.701. The van der Waals surface area contributed by atoms with Crippen molar-refractivity contribution in [1.29, 1.82) is 0 Å². The Morgan fingerprint density at radius 2 is 0.907 bits per heavy atom. The molecule has 8 heteroatoms. The van der Waals surface area contributed by atoms with Gasteiger partial charge in [0.25, 0.3) is 0 Å². The number of fused-ring (bicyclic) bond motifs is 8. The van der Waals surface area contributed by atoms with E-state index in [4.69, 9.17) is 19.4 Å². The van der Waals surface area contributed by atoms with E-state index in [-0.39, 0.29) is 0 Å². The van der Waals surface area contributed by atoms with Crippen LogP contribution in [0.5, 0.6) is 11.5 Å². The summed E-state index contributed by atoms with van der Waals surface area (Å²) in [5, 5.41) is 0. The van der Waals surface area contributed by atoms with Gasteiger partial charge in [-0.15, -0.1) is 0 Å². The average molecular weight is 717 g/mol. The molecule has 2 N–H and O–H groups in total. The van der Waals surface area contributed by atoms with Crippen LogP contribution in [0.15, 0.2) is 84.9 Å². The molecule has 0 radical (unpaired) electrons. The summed E-state index contributed by atoms with van der Waals surface area (Å²) in [5.41, 5.74) is 11.8. The van der Waals surface area contributed by atoms with Gasteiger partial charge in [0, 0.05) is 46.3 Å². The molecule has 0 spiro atoms. The number of hydrogen-bond acceptors (Lipinski definition) is 6. The van der Waals surface area contributed by atoms with Crippen molar-refractivity contribution >= 4 is 46.4 Å². The zero-order chi connectivity index (χ0) is 36.1. The van der Waals surface area contributed by atoms with E-state index in [0.29, 0.717) is 13.2 Å². The van der Waals surface area contributed by atoms with Crippen LogP contribution in [0.4, 0.5) is 0 Å². The Kier molecular flexibility index (Phi) is 10.1. The van der Waals surface area contributed by atoms with E-state index in [1.807, 2.05) is 0 Å². The summed E-state index contributed by atoms with van der Waals surface area (Å²) in [6.45, 7) is 8.07. The summed E-state index contributed by atoms with van der Waals surface area (Å²) in [4.78, 5) is 22.6. The smallest absolute Gasteiger partial charge is 0.119 e. The van der Waals surface area contributed by atoms with Crippen molar-refractivity contribution in [2.75, 3.05) is 52.5 Å². The Morgan fingerprint density at radius 3 is 1.33 bits per heavy atom. The number of nitrogens with one attached hydrogen (secondary N) is 2. The number of benzene rings is 2. The third-order valence-corrected chi connectivity index (χ3v) is 10.9. The van der Waals surface area contributed by atoms with Crippen molar-refractivity contribution < 1.29 is 9.47 Å². The minimum atomic E-state index is 0.701. The predicted octanol–water partition coefficient (Wildman–Crippen LogP) is 9.72. The molecule has 4 aliphatic heterocycles. The molecule has 4 aliphatic rings. The van der Waals surface area contributed by atoms with Gasteiger partial charge in [-0.1, -0.05) is 37.1 Å². The second-order valence-corrected chi connectivity index (χ2v) is 14.8. The highest BCUT2D eigenvalue weighted by Crippen LogP contribution is 2.33. The standard InChI is InChI=1S/C46H48N6O2/c1-3-23-51(24-4-1)27-29-53-39-15-7-33(8-16-39)45-41-19-11-35(47-41)31-37-13-21-43(49-37)46(44-22-14-38(50-44)32-36-12-20-42(45)48-36)34-9-17-40(18-10-34)54-30-28-52-25-5-2-6-26-52/h7-22,31-32,47,50H,1-6,23-30H2. The Bertz CT molecular complexity index is 2140. The first kappa shape index (κ1) is 34.3. The fraction of sp³-hybridized carbons (Fsp3) is 0.304. The fourth-order valence-electron chi connectivity index (χ4n) is 8.07. The first-order valence-electron chi connectivity index (χ1n) is 19.7. The first-order valence-corrected chi connectivity index (χ1v) is 19.7. The lowest BCUT2D eigenvalue weighted by Gasteiger charge is -2.26. The minimum Gasteiger partial charge on any atom is -0.492 e. The van der Waals surface area contributed by atoms with Crippen molar-refractivity contribution in [3.8, 4) is 33.8 Å². The number of likely N-dealkylation sites (tertiary alicyclic amines) is 2. The number of piperidine rings is 2. The monoisotopic (exact) mass is 716 g/mol. The molecule has 0 amide bonds. The van der Waals surface area contributed by atoms with Crippen LogP contribution in [0.2, 0.25) is 0 Å². The second-order valence-electron chi connectivity index (χ2n) is 14.8. The number of nitrogens with zero attached hydrogens (tertiary/aromatic N) is 4. The van der Waals surface area contributed by atoms with Gasteiger partial charge in [0.15, 0.2) is 0 Å². The molecule has 54 heavy (non-hydrogen) atoms. The van der Waals surface area contributed by atoms with Crippen molar-refractivity contribution in [2.45, 2.75) is 38.5 Å². The number of hydrogen-bond donors (Lipinski definition) is 2. The summed E-state index contributed by atoms with van der Waals surface area (Å²) in [6, 6.07) is 29.5. The maximum absolute atomic E-state index is 6.17. The SMILES string of the molecule is C1=Cc2nc1cc1ccc([nH]1)c(-c1ccc(OCCN3CCCCC3)cc1)c1nc(cc3ccc([nH]3)c2-c2ccc(OCCN3CCCCC3)cc2)C=C1. The molecule has 3 aromatic heterocycles. The van der Waals surface area contributed by atoms with Gasteiger partial charge in [-0.05, 0) is 148 Å². The van der Waals surface area contributed by atoms with Gasteiger partial charge in [-0.3, -0.25) is 9.80 Å². The third-order valence-electron chi connectivity index (χ3n) is 10.9. The van der Waals surface area contributed by atoms with Crippen molar-refractivity contribution in [3.63, 3.8) is 0 Å². The largest absolute Gasteiger partial charge is 0.492 e. The molecule has 2 saturated heterocycles. The molecule has 8 bridgehead atoms. The van der Waals surface area contributed by atoms with Crippen LogP contribution >= 0.6 is 0 Å². The summed E-state index contributed by atoms with van der Waals surface area (Å²) in [6.07, 6.45) is 16.2. The van der Waals surface area contributed by atoms with Crippen molar-refractivity contribution in [2.24, 2.45) is 0 Å². The molecule has 0 unspecified atom stereocenters. The maximum Gasteiger partial charge on any atom is 0.119 e. The summed E-state index contributed by atoms with van der Waals surface area (Å²) < 4.78 is 12.3. The molecular weight excluding hydrogens is 669 g/mol. The van der Waals surface area contributed by atoms with E-state index < -0.39 is 0 Å². The molecular formula is C46H48N6O2. The van der Waals surface area contributed by atoms with Crippen LogP contribution < -0.4 is 9.47 Å². The predicted molar refractivity (Wildman–Crippen MR) is 221 cm³/mol. The lowest BCUT2D eigenvalue weighted by Crippen LogP contribution is -2.33. The zero-order valence-corrected chi connectivity index (χ0v) is 30.9. The van der Waals surface area contributed by atoms with Crippen LogP contribution in [0.25, 0.3) is 68.6 Å². The molecule has 9 rings (SSSR count). The van der Waals surface area contributed by atoms with Gasteiger partial charge < -0.3 is 19.4 Å². The normalized spacial score (nSPS) is 16.1. The van der Waals surface area contributed by atoms with Crippen LogP contribution in [0, 0.1) is 0 Å². The van der Waals surface area contributed by atoms with E-state index >= 15 is 0 Å². The molecule has 2 fully saturated rings. The van der Waals surface area contributed by atoms with Crippen LogP contribution in [-0.4, -0.2) is 82.2 Å². The molecule has 0 atom stereocenters. The molecule has 8 nitrogen and oxygen atoms in total. The van der Waals surface area contributed by atoms with E-state index in [1.165, 1.54) is 64.7 Å². The van der Waals surface area contributed by atoms with Gasteiger partial charge >= 0.3 is 0 Å². The number of ether oxygens (including phenoxy) is 2. The van der Waals surface area contributed by atoms with Crippen molar-refractivity contribution in [3.05, 3.63) is 108 Å². The highest BCUT2D eigenvalue weighted by Gasteiger charge is 2.15.